The van der Waals surface area contributed by atoms with Gasteiger partial charge in [-0.1, -0.05) is 6.08 Å². The summed E-state index contributed by atoms with van der Waals surface area (Å²) in [6, 6.07) is 5.69. The standard InChI is InChI=1S/C12H11N3O2S/c1-2-5-15-11(13-14-12(15)18)8-3-4-9-10(6-8)17-7-16-9/h2-4,6H,1,5,7H2,(H,14,18). The first kappa shape index (κ1) is 11.0. The molecular formula is C12H11N3O2S. The maximum absolute atomic E-state index is 5.35. The highest BCUT2D eigenvalue weighted by atomic mass is 32.1. The average Bonchev–Trinajstić information content (AvgIpc) is 2.97. The van der Waals surface area contributed by atoms with Gasteiger partial charge >= 0.3 is 0 Å². The molecule has 0 unspecified atom stereocenters. The smallest absolute Gasteiger partial charge is 0.231 e. The van der Waals surface area contributed by atoms with E-state index in [4.69, 9.17) is 21.7 Å². The fourth-order valence-electron chi connectivity index (χ4n) is 1.87. The molecule has 18 heavy (non-hydrogen) atoms. The number of ether oxygens (including phenoxy) is 2. The van der Waals surface area contributed by atoms with Crippen LogP contribution in [-0.4, -0.2) is 21.6 Å². The van der Waals surface area contributed by atoms with Gasteiger partial charge in [-0.2, -0.15) is 5.10 Å². The van der Waals surface area contributed by atoms with E-state index in [2.05, 4.69) is 16.8 Å². The third-order valence-electron chi connectivity index (χ3n) is 2.70. The van der Waals surface area contributed by atoms with Gasteiger partial charge in [0, 0.05) is 12.1 Å². The van der Waals surface area contributed by atoms with E-state index < -0.39 is 0 Å². The highest BCUT2D eigenvalue weighted by Gasteiger charge is 2.16. The van der Waals surface area contributed by atoms with Gasteiger partial charge in [0.1, 0.15) is 0 Å². The summed E-state index contributed by atoms with van der Waals surface area (Å²) in [6.45, 7) is 4.59. The van der Waals surface area contributed by atoms with Crippen molar-refractivity contribution >= 4 is 12.2 Å². The van der Waals surface area contributed by atoms with Gasteiger partial charge in [0.2, 0.25) is 6.79 Å². The Balaban J connectivity index is 2.10. The molecule has 1 aliphatic rings. The molecule has 2 heterocycles. The molecule has 92 valence electrons. The van der Waals surface area contributed by atoms with Crippen molar-refractivity contribution in [2.45, 2.75) is 6.54 Å². The predicted octanol–water partition coefficient (Wildman–Crippen LogP) is 2.52. The molecule has 3 rings (SSSR count). The number of aromatic amines is 1. The van der Waals surface area contributed by atoms with Gasteiger partial charge in [-0.05, 0) is 30.4 Å². The Labute approximate surface area is 109 Å². The summed E-state index contributed by atoms with van der Waals surface area (Å²) in [6.07, 6.45) is 1.78. The Morgan fingerprint density at radius 3 is 3.11 bits per heavy atom. The van der Waals surface area contributed by atoms with Gasteiger partial charge in [-0.25, -0.2) is 0 Å². The maximum Gasteiger partial charge on any atom is 0.231 e. The minimum atomic E-state index is 0.262. The molecule has 0 aliphatic carbocycles. The molecule has 0 amide bonds. The van der Waals surface area contributed by atoms with Gasteiger partial charge in [0.05, 0.1) is 0 Å². The van der Waals surface area contributed by atoms with Gasteiger partial charge < -0.3 is 9.47 Å². The first-order valence-electron chi connectivity index (χ1n) is 5.45. The minimum Gasteiger partial charge on any atom is -0.454 e. The highest BCUT2D eigenvalue weighted by Crippen LogP contribution is 2.35. The molecule has 0 radical (unpaired) electrons. The molecular weight excluding hydrogens is 250 g/mol. The second-order valence-electron chi connectivity index (χ2n) is 3.82. The lowest BCUT2D eigenvalue weighted by atomic mass is 10.2. The van der Waals surface area contributed by atoms with Gasteiger partial charge in [0.25, 0.3) is 0 Å². The van der Waals surface area contributed by atoms with E-state index in [1.54, 1.807) is 6.08 Å². The molecule has 0 fully saturated rings. The number of hydrogen-bond acceptors (Lipinski definition) is 4. The number of rotatable bonds is 3. The summed E-state index contributed by atoms with van der Waals surface area (Å²) in [5.41, 5.74) is 0.924. The summed E-state index contributed by atoms with van der Waals surface area (Å²) >= 11 is 5.18. The topological polar surface area (TPSA) is 52.1 Å². The van der Waals surface area contributed by atoms with Gasteiger partial charge in [0.15, 0.2) is 22.1 Å². The van der Waals surface area contributed by atoms with Crippen LogP contribution in [0.3, 0.4) is 0 Å². The molecule has 6 heteroatoms. The van der Waals surface area contributed by atoms with Crippen molar-refractivity contribution < 1.29 is 9.47 Å². The van der Waals surface area contributed by atoms with E-state index in [9.17, 15) is 0 Å². The lowest BCUT2D eigenvalue weighted by Crippen LogP contribution is -1.98. The summed E-state index contributed by atoms with van der Waals surface area (Å²) < 4.78 is 13.1. The predicted molar refractivity (Wildman–Crippen MR) is 69.2 cm³/mol. The lowest BCUT2D eigenvalue weighted by molar-refractivity contribution is 0.174. The third-order valence-corrected chi connectivity index (χ3v) is 3.01. The van der Waals surface area contributed by atoms with Crippen molar-refractivity contribution in [3.8, 4) is 22.9 Å². The van der Waals surface area contributed by atoms with E-state index in [1.165, 1.54) is 0 Å². The molecule has 0 saturated heterocycles. The normalized spacial score (nSPS) is 12.7. The van der Waals surface area contributed by atoms with Crippen LogP contribution in [0.4, 0.5) is 0 Å². The van der Waals surface area contributed by atoms with Crippen molar-refractivity contribution in [3.05, 3.63) is 35.6 Å². The van der Waals surface area contributed by atoms with Gasteiger partial charge in [-0.3, -0.25) is 9.67 Å². The van der Waals surface area contributed by atoms with Crippen LogP contribution in [0, 0.1) is 4.77 Å². The van der Waals surface area contributed by atoms with Crippen LogP contribution < -0.4 is 9.47 Å². The van der Waals surface area contributed by atoms with Gasteiger partial charge in [-0.15, -0.1) is 6.58 Å². The molecule has 1 aromatic heterocycles. The van der Waals surface area contributed by atoms with Crippen LogP contribution >= 0.6 is 12.2 Å². The number of hydrogen-bond donors (Lipinski definition) is 1. The number of fused-ring (bicyclic) bond motifs is 1. The van der Waals surface area contributed by atoms with Crippen LogP contribution in [0.1, 0.15) is 0 Å². The Morgan fingerprint density at radius 1 is 1.44 bits per heavy atom. The second kappa shape index (κ2) is 4.30. The van der Waals surface area contributed by atoms with Crippen molar-refractivity contribution in [1.82, 2.24) is 14.8 Å². The zero-order chi connectivity index (χ0) is 12.5. The zero-order valence-electron chi connectivity index (χ0n) is 9.55. The number of allylic oxidation sites excluding steroid dienone is 1. The monoisotopic (exact) mass is 261 g/mol. The van der Waals surface area contributed by atoms with Crippen molar-refractivity contribution in [2.75, 3.05) is 6.79 Å². The number of nitrogens with one attached hydrogen (secondary N) is 1. The number of benzene rings is 1. The Hall–Kier alpha value is -2.08. The van der Waals surface area contributed by atoms with Crippen molar-refractivity contribution in [2.24, 2.45) is 0 Å². The Morgan fingerprint density at radius 2 is 2.28 bits per heavy atom. The van der Waals surface area contributed by atoms with Crippen molar-refractivity contribution in [3.63, 3.8) is 0 Å². The van der Waals surface area contributed by atoms with Crippen molar-refractivity contribution in [1.29, 1.82) is 0 Å². The molecule has 1 N–H and O–H groups in total. The zero-order valence-corrected chi connectivity index (χ0v) is 10.4. The number of H-pyrrole nitrogens is 1. The molecule has 0 bridgehead atoms. The third kappa shape index (κ3) is 1.70. The fraction of sp³-hybridized carbons (Fsp3) is 0.167. The van der Waals surface area contributed by atoms with Crippen LogP contribution in [0.25, 0.3) is 11.4 Å². The SMILES string of the molecule is C=CCn1c(-c2ccc3c(c2)OCO3)n[nH]c1=S. The molecule has 0 atom stereocenters. The van der Waals surface area contributed by atoms with E-state index in [-0.39, 0.29) is 6.79 Å². The summed E-state index contributed by atoms with van der Waals surface area (Å²) in [7, 11) is 0. The van der Waals surface area contributed by atoms with Crippen LogP contribution in [0.15, 0.2) is 30.9 Å². The molecule has 5 nitrogen and oxygen atoms in total. The second-order valence-corrected chi connectivity index (χ2v) is 4.21. The summed E-state index contributed by atoms with van der Waals surface area (Å²) in [5.74, 6) is 2.24. The van der Waals surface area contributed by atoms with E-state index in [1.807, 2.05) is 22.8 Å². The first-order chi connectivity index (χ1) is 8.79. The fourth-order valence-corrected chi connectivity index (χ4v) is 2.08. The van der Waals surface area contributed by atoms with E-state index in [0.717, 1.165) is 22.9 Å². The Kier molecular flexibility index (Phi) is 2.64. The average molecular weight is 261 g/mol. The first-order valence-corrected chi connectivity index (χ1v) is 5.86. The quantitative estimate of drug-likeness (QED) is 0.681. The lowest BCUT2D eigenvalue weighted by Gasteiger charge is -2.04. The molecule has 1 aliphatic heterocycles. The minimum absolute atomic E-state index is 0.262. The molecule has 1 aromatic carbocycles. The van der Waals surface area contributed by atoms with Crippen LogP contribution in [0.5, 0.6) is 11.5 Å². The highest BCUT2D eigenvalue weighted by molar-refractivity contribution is 7.71. The number of aromatic nitrogens is 3. The summed E-state index contributed by atoms with van der Waals surface area (Å²) in [5, 5.41) is 7.02. The van der Waals surface area contributed by atoms with E-state index >= 15 is 0 Å². The Bertz CT molecular complexity index is 660. The van der Waals surface area contributed by atoms with Crippen LogP contribution in [0.2, 0.25) is 0 Å². The molecule has 0 saturated carbocycles. The largest absolute Gasteiger partial charge is 0.454 e. The molecule has 0 spiro atoms. The molecule has 2 aromatic rings. The number of nitrogens with zero attached hydrogens (tertiary/aromatic N) is 2. The van der Waals surface area contributed by atoms with E-state index in [0.29, 0.717) is 11.3 Å². The summed E-state index contributed by atoms with van der Waals surface area (Å²) in [4.78, 5) is 0. The van der Waals surface area contributed by atoms with Crippen LogP contribution in [-0.2, 0) is 6.54 Å². The maximum atomic E-state index is 5.35.